The molecule has 8 rings (SSSR count). The first-order chi connectivity index (χ1) is 16.9. The quantitative estimate of drug-likeness (QED) is 0.346. The summed E-state index contributed by atoms with van der Waals surface area (Å²) < 4.78 is 6.65. The fourth-order valence-corrected chi connectivity index (χ4v) is 7.88. The summed E-state index contributed by atoms with van der Waals surface area (Å²) in [5, 5.41) is 24.8. The van der Waals surface area contributed by atoms with Gasteiger partial charge in [0.1, 0.15) is 0 Å². The monoisotopic (exact) mass is 470 g/mol. The smallest absolute Gasteiger partial charge is 0.166 e. The van der Waals surface area contributed by atoms with Crippen molar-refractivity contribution in [3.05, 3.63) is 52.7 Å². The number of hydrogen-bond donors (Lipinski definition) is 4. The second kappa shape index (κ2) is 6.39. The molecule has 4 atom stereocenters. The molecule has 35 heavy (non-hydrogen) atoms. The lowest BCUT2D eigenvalue weighted by atomic mass is 9.49. The number of phenolic OH excluding ortho intramolecular Hbond substituents is 1. The van der Waals surface area contributed by atoms with Crippen LogP contribution in [0.2, 0.25) is 0 Å². The van der Waals surface area contributed by atoms with Gasteiger partial charge in [-0.05, 0) is 80.5 Å². The summed E-state index contributed by atoms with van der Waals surface area (Å²) >= 11 is 0. The highest BCUT2D eigenvalue weighted by Gasteiger charge is 2.72. The van der Waals surface area contributed by atoms with E-state index in [-0.39, 0.29) is 17.9 Å². The molecule has 2 aromatic carbocycles. The van der Waals surface area contributed by atoms with Crippen molar-refractivity contribution in [1.29, 1.82) is 0 Å². The van der Waals surface area contributed by atoms with Gasteiger partial charge in [-0.25, -0.2) is 4.99 Å². The van der Waals surface area contributed by atoms with Crippen LogP contribution in [0.3, 0.4) is 0 Å². The largest absolute Gasteiger partial charge is 0.504 e. The third-order valence-electron chi connectivity index (χ3n) is 9.45. The van der Waals surface area contributed by atoms with Gasteiger partial charge in [-0.1, -0.05) is 6.07 Å². The number of aliphatic hydroxyl groups is 1. The Morgan fingerprint density at radius 3 is 2.94 bits per heavy atom. The zero-order valence-electron chi connectivity index (χ0n) is 19.8. The van der Waals surface area contributed by atoms with E-state index in [2.05, 4.69) is 27.0 Å². The van der Waals surface area contributed by atoms with E-state index in [9.17, 15) is 10.2 Å². The third kappa shape index (κ3) is 2.40. The van der Waals surface area contributed by atoms with Crippen LogP contribution in [0.1, 0.15) is 54.7 Å². The van der Waals surface area contributed by atoms with Gasteiger partial charge in [-0.3, -0.25) is 4.90 Å². The van der Waals surface area contributed by atoms with Gasteiger partial charge in [0.25, 0.3) is 0 Å². The summed E-state index contributed by atoms with van der Waals surface area (Å²) in [6.07, 6.45) is 4.38. The average Bonchev–Trinajstić information content (AvgIpc) is 3.46. The van der Waals surface area contributed by atoms with E-state index < -0.39 is 11.0 Å². The number of nitrogens with zero attached hydrogens (tertiary/aromatic N) is 2. The normalized spacial score (nSPS) is 32.9. The molecule has 0 amide bonds. The van der Waals surface area contributed by atoms with E-state index in [1.807, 2.05) is 12.1 Å². The number of ether oxygens (including phenoxy) is 1. The minimum absolute atomic E-state index is 0.0246. The first kappa shape index (κ1) is 20.2. The van der Waals surface area contributed by atoms with Crippen LogP contribution >= 0.6 is 0 Å². The highest BCUT2D eigenvalue weighted by Crippen LogP contribution is 2.69. The first-order valence-electron chi connectivity index (χ1n) is 12.8. The SMILES string of the molecule is CC(N)=Nc1ccc2[nH]c3c(c2c1)C[C@@]1(O)[C@@H]2Cc4ccc(O)c5c4[C@@]1(CCN2CC1CC1)[C@H]3O5. The highest BCUT2D eigenvalue weighted by molar-refractivity contribution is 5.90. The molecule has 5 N–H and O–H groups in total. The van der Waals surface area contributed by atoms with Crippen molar-refractivity contribution in [3.8, 4) is 11.5 Å². The number of H-pyrrole nitrogens is 1. The van der Waals surface area contributed by atoms with Gasteiger partial charge in [0.2, 0.25) is 0 Å². The average molecular weight is 471 g/mol. The maximum Gasteiger partial charge on any atom is 0.166 e. The molecular weight excluding hydrogens is 440 g/mol. The summed E-state index contributed by atoms with van der Waals surface area (Å²) in [7, 11) is 0. The van der Waals surface area contributed by atoms with Crippen LogP contribution < -0.4 is 10.5 Å². The Balaban J connectivity index is 1.38. The molecule has 3 aromatic rings. The number of benzene rings is 2. The number of aliphatic imine (C=N–C) groups is 1. The van der Waals surface area contributed by atoms with Crippen LogP contribution in [-0.2, 0) is 18.3 Å². The molecule has 0 unspecified atom stereocenters. The number of aromatic nitrogens is 1. The fraction of sp³-hybridized carbons (Fsp3) is 0.464. The number of aromatic amines is 1. The van der Waals surface area contributed by atoms with Crippen molar-refractivity contribution in [3.63, 3.8) is 0 Å². The standard InChI is InChI=1S/C28H30N4O3/c1-14(29)30-17-5-6-20-18(11-17)19-12-28(34)22-10-16-4-7-21(33)25-23(16)27(28,26(35-25)24(19)31-20)8-9-32(22)13-15-2-3-15/h4-7,11,15,22,26,31,33-34H,2-3,8-10,12-13H2,1H3,(H2,29,30)/t22-,26-,27-,28+/m0/s1. The molecule has 1 spiro atoms. The maximum absolute atomic E-state index is 12.9. The van der Waals surface area contributed by atoms with Gasteiger partial charge in [0.15, 0.2) is 17.6 Å². The van der Waals surface area contributed by atoms with E-state index >= 15 is 0 Å². The molecule has 7 heteroatoms. The number of phenols is 1. The van der Waals surface area contributed by atoms with Gasteiger partial charge in [-0.15, -0.1) is 0 Å². The fourth-order valence-electron chi connectivity index (χ4n) is 7.88. The Hall–Kier alpha value is -3.03. The van der Waals surface area contributed by atoms with Crippen molar-refractivity contribution in [2.45, 2.75) is 62.2 Å². The van der Waals surface area contributed by atoms with E-state index in [1.165, 1.54) is 18.4 Å². The zero-order valence-corrected chi connectivity index (χ0v) is 19.8. The molecule has 2 fully saturated rings. The summed E-state index contributed by atoms with van der Waals surface area (Å²) in [5.74, 6) is 2.01. The van der Waals surface area contributed by atoms with Crippen molar-refractivity contribution < 1.29 is 14.9 Å². The number of nitrogens with two attached hydrogens (primary N) is 1. The number of rotatable bonds is 3. The van der Waals surface area contributed by atoms with Gasteiger partial charge < -0.3 is 25.7 Å². The maximum atomic E-state index is 12.9. The van der Waals surface area contributed by atoms with Gasteiger partial charge in [0, 0.05) is 35.5 Å². The van der Waals surface area contributed by atoms with Gasteiger partial charge in [-0.2, -0.15) is 0 Å². The molecule has 2 bridgehead atoms. The Bertz CT molecular complexity index is 1450. The molecule has 0 radical (unpaired) electrons. The number of fused-ring (bicyclic) bond motifs is 4. The number of amidine groups is 1. The first-order valence-corrected chi connectivity index (χ1v) is 12.8. The van der Waals surface area contributed by atoms with Crippen molar-refractivity contribution >= 4 is 22.4 Å². The summed E-state index contributed by atoms with van der Waals surface area (Å²) in [5.41, 5.74) is 10.5. The minimum Gasteiger partial charge on any atom is -0.504 e. The summed E-state index contributed by atoms with van der Waals surface area (Å²) in [4.78, 5) is 10.7. The van der Waals surface area contributed by atoms with Gasteiger partial charge >= 0.3 is 0 Å². The molecule has 1 saturated carbocycles. The zero-order chi connectivity index (χ0) is 23.7. The van der Waals surface area contributed by atoms with E-state index in [0.29, 0.717) is 18.0 Å². The molecule has 180 valence electrons. The van der Waals surface area contributed by atoms with Crippen LogP contribution in [0, 0.1) is 5.92 Å². The predicted molar refractivity (Wildman–Crippen MR) is 133 cm³/mol. The van der Waals surface area contributed by atoms with Crippen LogP contribution in [0.5, 0.6) is 11.5 Å². The molecule has 3 heterocycles. The van der Waals surface area contributed by atoms with Crippen LogP contribution in [0.4, 0.5) is 5.69 Å². The second-order valence-corrected chi connectivity index (χ2v) is 11.4. The Morgan fingerprint density at radius 2 is 2.14 bits per heavy atom. The Labute approximate surface area is 203 Å². The lowest BCUT2D eigenvalue weighted by molar-refractivity contribution is -0.173. The molecule has 1 aromatic heterocycles. The van der Waals surface area contributed by atoms with Crippen molar-refractivity contribution in [2.75, 3.05) is 13.1 Å². The van der Waals surface area contributed by atoms with Crippen LogP contribution in [0.25, 0.3) is 10.9 Å². The van der Waals surface area contributed by atoms with Crippen LogP contribution in [-0.4, -0.2) is 50.7 Å². The van der Waals surface area contributed by atoms with Crippen molar-refractivity contribution in [2.24, 2.45) is 16.6 Å². The number of piperidine rings is 1. The lowest BCUT2D eigenvalue weighted by Gasteiger charge is -2.62. The lowest BCUT2D eigenvalue weighted by Crippen LogP contribution is -2.74. The second-order valence-electron chi connectivity index (χ2n) is 11.4. The summed E-state index contributed by atoms with van der Waals surface area (Å²) in [6.45, 7) is 3.79. The number of aromatic hydroxyl groups is 1. The number of likely N-dealkylation sites (tertiary alicyclic amines) is 1. The topological polar surface area (TPSA) is 107 Å². The molecular formula is C28H30N4O3. The highest BCUT2D eigenvalue weighted by atomic mass is 16.5. The predicted octanol–water partition coefficient (Wildman–Crippen LogP) is 3.58. The Morgan fingerprint density at radius 1 is 1.29 bits per heavy atom. The number of nitrogens with one attached hydrogen (secondary N) is 1. The van der Waals surface area contributed by atoms with E-state index in [0.717, 1.165) is 65.3 Å². The molecule has 2 aliphatic heterocycles. The molecule has 7 nitrogen and oxygen atoms in total. The summed E-state index contributed by atoms with van der Waals surface area (Å²) in [6, 6.07) is 9.90. The number of hydrogen-bond acceptors (Lipinski definition) is 5. The van der Waals surface area contributed by atoms with Gasteiger partial charge in [0.05, 0.1) is 28.2 Å². The molecule has 5 aliphatic rings. The Kier molecular flexibility index (Phi) is 3.69. The van der Waals surface area contributed by atoms with Crippen molar-refractivity contribution in [1.82, 2.24) is 9.88 Å². The minimum atomic E-state index is -0.984. The molecule has 3 aliphatic carbocycles. The van der Waals surface area contributed by atoms with Crippen LogP contribution in [0.15, 0.2) is 35.3 Å². The van der Waals surface area contributed by atoms with E-state index in [1.54, 1.807) is 13.0 Å². The third-order valence-corrected chi connectivity index (χ3v) is 9.45. The van der Waals surface area contributed by atoms with E-state index in [4.69, 9.17) is 10.5 Å². The molecule has 1 saturated heterocycles.